The molecule has 4 heteroatoms. The minimum Gasteiger partial charge on any atom is -0.349 e. The molecule has 1 aliphatic rings. The fraction of sp³-hybridized carbons (Fsp3) is 0.571. The number of pyridine rings is 1. The normalized spacial score (nSPS) is 25.4. The minimum absolute atomic E-state index is 0.00891. The smallest absolute Gasteiger partial charge is 0.225 e. The second-order valence-electron chi connectivity index (χ2n) is 5.07. The van der Waals surface area contributed by atoms with Crippen LogP contribution in [0.25, 0.3) is 0 Å². The van der Waals surface area contributed by atoms with Crippen LogP contribution in [0.3, 0.4) is 0 Å². The molecule has 4 nitrogen and oxygen atoms in total. The van der Waals surface area contributed by atoms with E-state index in [1.54, 1.807) is 12.4 Å². The fourth-order valence-corrected chi connectivity index (χ4v) is 2.54. The second kappa shape index (κ2) is 5.96. The number of hydrogen-bond donors (Lipinski definition) is 2. The molecule has 1 aromatic rings. The molecule has 98 valence electrons. The van der Waals surface area contributed by atoms with Gasteiger partial charge in [0.2, 0.25) is 5.91 Å². The highest BCUT2D eigenvalue weighted by Crippen LogP contribution is 2.24. The molecule has 0 aliphatic heterocycles. The van der Waals surface area contributed by atoms with Crippen LogP contribution in [0.4, 0.5) is 0 Å². The number of rotatable bonds is 3. The zero-order valence-electron chi connectivity index (χ0n) is 10.8. The first-order valence-corrected chi connectivity index (χ1v) is 6.64. The number of aromatic nitrogens is 1. The maximum atomic E-state index is 12.2. The minimum atomic E-state index is -0.0250. The molecule has 3 unspecified atom stereocenters. The van der Waals surface area contributed by atoms with E-state index in [4.69, 9.17) is 5.73 Å². The van der Waals surface area contributed by atoms with Gasteiger partial charge in [0.15, 0.2) is 0 Å². The van der Waals surface area contributed by atoms with E-state index in [0.29, 0.717) is 0 Å². The van der Waals surface area contributed by atoms with E-state index >= 15 is 0 Å². The lowest BCUT2D eigenvalue weighted by Gasteiger charge is -2.28. The average molecular weight is 247 g/mol. The molecular weight excluding hydrogens is 226 g/mol. The molecule has 1 heterocycles. The van der Waals surface area contributed by atoms with Crippen molar-refractivity contribution in [2.24, 2.45) is 11.7 Å². The van der Waals surface area contributed by atoms with E-state index in [2.05, 4.69) is 10.3 Å². The zero-order valence-corrected chi connectivity index (χ0v) is 10.8. The molecule has 2 rings (SSSR count). The van der Waals surface area contributed by atoms with E-state index < -0.39 is 0 Å². The monoisotopic (exact) mass is 247 g/mol. The second-order valence-corrected chi connectivity index (χ2v) is 5.07. The number of carbonyl (C=O) groups excluding carboxylic acids is 1. The fourth-order valence-electron chi connectivity index (χ4n) is 2.54. The van der Waals surface area contributed by atoms with Crippen molar-refractivity contribution in [3.63, 3.8) is 0 Å². The summed E-state index contributed by atoms with van der Waals surface area (Å²) in [4.78, 5) is 16.2. The van der Waals surface area contributed by atoms with Gasteiger partial charge in [-0.05, 0) is 37.5 Å². The van der Waals surface area contributed by atoms with Crippen LogP contribution in [-0.2, 0) is 4.79 Å². The van der Waals surface area contributed by atoms with E-state index in [9.17, 15) is 4.79 Å². The van der Waals surface area contributed by atoms with Crippen LogP contribution in [-0.4, -0.2) is 16.9 Å². The van der Waals surface area contributed by atoms with Gasteiger partial charge in [0.1, 0.15) is 0 Å². The van der Waals surface area contributed by atoms with Gasteiger partial charge >= 0.3 is 0 Å². The summed E-state index contributed by atoms with van der Waals surface area (Å²) in [7, 11) is 0. The Labute approximate surface area is 108 Å². The Morgan fingerprint density at radius 2 is 2.06 bits per heavy atom. The predicted octanol–water partition coefficient (Wildman–Crippen LogP) is 1.78. The molecule has 1 aromatic heterocycles. The van der Waals surface area contributed by atoms with E-state index in [-0.39, 0.29) is 23.9 Å². The van der Waals surface area contributed by atoms with Crippen LogP contribution in [0.2, 0.25) is 0 Å². The van der Waals surface area contributed by atoms with Gasteiger partial charge in [-0.1, -0.05) is 12.8 Å². The molecule has 1 aliphatic carbocycles. The summed E-state index contributed by atoms with van der Waals surface area (Å²) in [6.45, 7) is 1.99. The highest BCUT2D eigenvalue weighted by molar-refractivity contribution is 5.79. The highest BCUT2D eigenvalue weighted by Gasteiger charge is 2.28. The Balaban J connectivity index is 1.94. The summed E-state index contributed by atoms with van der Waals surface area (Å²) in [5.74, 6) is 0.0644. The van der Waals surface area contributed by atoms with Gasteiger partial charge in [0, 0.05) is 18.4 Å². The Kier molecular flexibility index (Phi) is 4.31. The molecular formula is C14H21N3O. The topological polar surface area (TPSA) is 68.0 Å². The number of nitrogens with zero attached hydrogens (tertiary/aromatic N) is 1. The molecule has 3 N–H and O–H groups in total. The molecule has 0 radical (unpaired) electrons. The largest absolute Gasteiger partial charge is 0.349 e. The Morgan fingerprint density at radius 3 is 2.72 bits per heavy atom. The molecule has 18 heavy (non-hydrogen) atoms. The average Bonchev–Trinajstić information content (AvgIpc) is 2.40. The van der Waals surface area contributed by atoms with Crippen LogP contribution in [0, 0.1) is 5.92 Å². The maximum absolute atomic E-state index is 12.2. The molecule has 0 aromatic carbocycles. The summed E-state index contributed by atoms with van der Waals surface area (Å²) in [5, 5.41) is 3.05. The Bertz CT molecular complexity index is 393. The first-order valence-electron chi connectivity index (χ1n) is 6.64. The lowest BCUT2D eigenvalue weighted by Crippen LogP contribution is -2.44. The molecule has 1 amide bonds. The number of nitrogens with two attached hydrogens (primary N) is 1. The van der Waals surface area contributed by atoms with E-state index in [1.165, 1.54) is 0 Å². The molecule has 1 fully saturated rings. The van der Waals surface area contributed by atoms with Gasteiger partial charge in [-0.3, -0.25) is 9.78 Å². The number of hydrogen-bond acceptors (Lipinski definition) is 3. The van der Waals surface area contributed by atoms with Gasteiger partial charge in [0.25, 0.3) is 0 Å². The van der Waals surface area contributed by atoms with Crippen molar-refractivity contribution in [3.8, 4) is 0 Å². The quantitative estimate of drug-likeness (QED) is 0.855. The third kappa shape index (κ3) is 3.07. The van der Waals surface area contributed by atoms with E-state index in [1.807, 2.05) is 19.1 Å². The lowest BCUT2D eigenvalue weighted by atomic mass is 9.84. The van der Waals surface area contributed by atoms with Crippen LogP contribution in [0.5, 0.6) is 0 Å². The summed E-state index contributed by atoms with van der Waals surface area (Å²) in [6.07, 6.45) is 7.60. The molecule has 0 spiro atoms. The van der Waals surface area contributed by atoms with Crippen molar-refractivity contribution in [1.29, 1.82) is 0 Å². The first-order chi connectivity index (χ1) is 8.68. The number of carbonyl (C=O) groups is 1. The maximum Gasteiger partial charge on any atom is 0.225 e. The van der Waals surface area contributed by atoms with Crippen LogP contribution in [0.1, 0.15) is 44.2 Å². The van der Waals surface area contributed by atoms with Crippen LogP contribution in [0.15, 0.2) is 24.5 Å². The summed E-state index contributed by atoms with van der Waals surface area (Å²) < 4.78 is 0. The summed E-state index contributed by atoms with van der Waals surface area (Å²) in [6, 6.07) is 3.87. The van der Waals surface area contributed by atoms with Crippen molar-refractivity contribution in [2.45, 2.75) is 44.7 Å². The Morgan fingerprint density at radius 1 is 1.39 bits per heavy atom. The summed E-state index contributed by atoms with van der Waals surface area (Å²) in [5.41, 5.74) is 7.10. The van der Waals surface area contributed by atoms with Gasteiger partial charge in [-0.25, -0.2) is 0 Å². The Hall–Kier alpha value is -1.42. The number of nitrogens with one attached hydrogen (secondary N) is 1. The first kappa shape index (κ1) is 13.0. The highest BCUT2D eigenvalue weighted by atomic mass is 16.2. The molecule has 0 saturated heterocycles. The zero-order chi connectivity index (χ0) is 13.0. The van der Waals surface area contributed by atoms with Crippen LogP contribution >= 0.6 is 0 Å². The van der Waals surface area contributed by atoms with Crippen LogP contribution < -0.4 is 11.1 Å². The van der Waals surface area contributed by atoms with E-state index in [0.717, 1.165) is 31.2 Å². The van der Waals surface area contributed by atoms with Crippen molar-refractivity contribution in [3.05, 3.63) is 30.1 Å². The third-order valence-electron chi connectivity index (χ3n) is 3.72. The SMILES string of the molecule is CC(NC(=O)C1CCCCC1N)c1ccncc1. The van der Waals surface area contributed by atoms with Gasteiger partial charge in [-0.15, -0.1) is 0 Å². The van der Waals surface area contributed by atoms with Crippen molar-refractivity contribution in [2.75, 3.05) is 0 Å². The van der Waals surface area contributed by atoms with Crippen molar-refractivity contribution in [1.82, 2.24) is 10.3 Å². The number of amides is 1. The molecule has 0 bridgehead atoms. The third-order valence-corrected chi connectivity index (χ3v) is 3.72. The molecule has 1 saturated carbocycles. The van der Waals surface area contributed by atoms with Crippen molar-refractivity contribution < 1.29 is 4.79 Å². The van der Waals surface area contributed by atoms with Crippen molar-refractivity contribution >= 4 is 5.91 Å². The lowest BCUT2D eigenvalue weighted by molar-refractivity contribution is -0.127. The summed E-state index contributed by atoms with van der Waals surface area (Å²) >= 11 is 0. The van der Waals surface area contributed by atoms with Gasteiger partial charge < -0.3 is 11.1 Å². The standard InChI is InChI=1S/C14H21N3O/c1-10(11-6-8-16-9-7-11)17-14(18)12-4-2-3-5-13(12)15/h6-10,12-13H,2-5,15H2,1H3,(H,17,18). The predicted molar refractivity (Wildman–Crippen MR) is 70.7 cm³/mol. The van der Waals surface area contributed by atoms with Gasteiger partial charge in [0.05, 0.1) is 12.0 Å². The molecule has 3 atom stereocenters. The van der Waals surface area contributed by atoms with Gasteiger partial charge in [-0.2, -0.15) is 0 Å².